The molecule has 0 amide bonds. The average Bonchev–Trinajstić information content (AvgIpc) is 3.23. The van der Waals surface area contributed by atoms with E-state index in [2.05, 4.69) is 10.2 Å². The van der Waals surface area contributed by atoms with Gasteiger partial charge in [0, 0.05) is 18.7 Å². The van der Waals surface area contributed by atoms with Gasteiger partial charge in [-0.1, -0.05) is 12.1 Å². The van der Waals surface area contributed by atoms with Gasteiger partial charge in [0.25, 0.3) is 0 Å². The normalized spacial score (nSPS) is 18.1. The molecule has 1 fully saturated rings. The Morgan fingerprint density at radius 1 is 1.09 bits per heavy atom. The summed E-state index contributed by atoms with van der Waals surface area (Å²) in [7, 11) is -3.69. The Hall–Kier alpha value is -2.79. The zero-order valence-electron chi connectivity index (χ0n) is 16.7. The molecule has 0 saturated carbocycles. The Kier molecular flexibility index (Phi) is 6.04. The number of hydrogen-bond acceptors (Lipinski definition) is 5. The minimum Gasteiger partial charge on any atom is -0.420 e. The van der Waals surface area contributed by atoms with E-state index in [9.17, 15) is 26.0 Å². The molecule has 0 spiro atoms. The third-order valence-corrected chi connectivity index (χ3v) is 7.08. The molecule has 1 aromatic heterocycles. The number of rotatable bonds is 5. The summed E-state index contributed by atoms with van der Waals surface area (Å²) in [6.07, 6.45) is -3.24. The number of nitrogens with zero attached hydrogens (tertiary/aromatic N) is 3. The molecule has 32 heavy (non-hydrogen) atoms. The zero-order chi connectivity index (χ0) is 22.9. The zero-order valence-corrected chi connectivity index (χ0v) is 17.5. The summed E-state index contributed by atoms with van der Waals surface area (Å²) >= 11 is 0. The third-order valence-electron chi connectivity index (χ3n) is 5.26. The van der Waals surface area contributed by atoms with Crippen molar-refractivity contribution in [2.24, 2.45) is 0 Å². The van der Waals surface area contributed by atoms with Crippen LogP contribution in [0.15, 0.2) is 52.9 Å². The van der Waals surface area contributed by atoms with Gasteiger partial charge in [-0.3, -0.25) is 0 Å². The Labute approximate surface area is 181 Å². The first-order valence-electron chi connectivity index (χ1n) is 9.85. The van der Waals surface area contributed by atoms with Crippen LogP contribution in [0.5, 0.6) is 0 Å². The lowest BCUT2D eigenvalue weighted by Crippen LogP contribution is -2.39. The van der Waals surface area contributed by atoms with Gasteiger partial charge in [-0.15, -0.1) is 10.2 Å². The fourth-order valence-corrected chi connectivity index (χ4v) is 5.24. The maximum absolute atomic E-state index is 13.4. The SMILES string of the molecule is O=S(=O)(Cc1cccc(F)c1)N1CCCC(c2nnc(-c3ccc(C(F)(F)F)cc3)o2)C1. The highest BCUT2D eigenvalue weighted by molar-refractivity contribution is 7.88. The molecule has 0 bridgehead atoms. The largest absolute Gasteiger partial charge is 0.420 e. The highest BCUT2D eigenvalue weighted by Crippen LogP contribution is 2.33. The highest BCUT2D eigenvalue weighted by Gasteiger charge is 2.33. The Bertz CT molecular complexity index is 1190. The number of sulfonamides is 1. The minimum absolute atomic E-state index is 0.0634. The number of aromatic nitrogens is 2. The van der Waals surface area contributed by atoms with Crippen molar-refractivity contribution in [1.29, 1.82) is 0 Å². The van der Waals surface area contributed by atoms with Crippen LogP contribution >= 0.6 is 0 Å². The Balaban J connectivity index is 1.47. The van der Waals surface area contributed by atoms with Gasteiger partial charge in [0.1, 0.15) is 5.82 Å². The second-order valence-corrected chi connectivity index (χ2v) is 9.57. The van der Waals surface area contributed by atoms with Crippen LogP contribution in [0, 0.1) is 5.82 Å². The van der Waals surface area contributed by atoms with Crippen LogP contribution in [0.3, 0.4) is 0 Å². The molecule has 1 atom stereocenters. The molecule has 3 aromatic rings. The van der Waals surface area contributed by atoms with Gasteiger partial charge in [0.05, 0.1) is 17.2 Å². The molecule has 11 heteroatoms. The van der Waals surface area contributed by atoms with E-state index in [1.807, 2.05) is 0 Å². The van der Waals surface area contributed by atoms with Crippen molar-refractivity contribution in [3.05, 3.63) is 71.4 Å². The summed E-state index contributed by atoms with van der Waals surface area (Å²) in [6.45, 7) is 0.459. The maximum Gasteiger partial charge on any atom is 0.416 e. The fourth-order valence-electron chi connectivity index (χ4n) is 3.64. The Morgan fingerprint density at radius 2 is 1.84 bits per heavy atom. The van der Waals surface area contributed by atoms with E-state index in [0.717, 1.165) is 12.1 Å². The molecular formula is C21H19F4N3O3S. The van der Waals surface area contributed by atoms with E-state index in [1.54, 1.807) is 6.07 Å². The quantitative estimate of drug-likeness (QED) is 0.511. The van der Waals surface area contributed by atoms with Crippen LogP contribution in [0.25, 0.3) is 11.5 Å². The first kappa shape index (κ1) is 22.4. The lowest BCUT2D eigenvalue weighted by Gasteiger charge is -2.30. The molecule has 0 aliphatic carbocycles. The van der Waals surface area contributed by atoms with Crippen molar-refractivity contribution in [3.8, 4) is 11.5 Å². The lowest BCUT2D eigenvalue weighted by molar-refractivity contribution is -0.137. The summed E-state index contributed by atoms with van der Waals surface area (Å²) in [5, 5.41) is 7.90. The van der Waals surface area contributed by atoms with E-state index in [1.165, 1.54) is 34.6 Å². The Morgan fingerprint density at radius 3 is 2.53 bits per heavy atom. The average molecular weight is 469 g/mol. The first-order valence-corrected chi connectivity index (χ1v) is 11.5. The molecule has 6 nitrogen and oxygen atoms in total. The van der Waals surface area contributed by atoms with Crippen molar-refractivity contribution in [3.63, 3.8) is 0 Å². The predicted molar refractivity (Wildman–Crippen MR) is 107 cm³/mol. The topological polar surface area (TPSA) is 76.3 Å². The van der Waals surface area contributed by atoms with Crippen LogP contribution in [-0.2, 0) is 22.0 Å². The maximum atomic E-state index is 13.4. The van der Waals surface area contributed by atoms with Crippen LogP contribution in [0.2, 0.25) is 0 Å². The number of benzene rings is 2. The predicted octanol–water partition coefficient (Wildman–Crippen LogP) is 4.60. The molecule has 2 aromatic carbocycles. The second-order valence-electron chi connectivity index (χ2n) is 7.60. The van der Waals surface area contributed by atoms with Crippen molar-refractivity contribution in [2.75, 3.05) is 13.1 Å². The van der Waals surface area contributed by atoms with Crippen LogP contribution in [-0.4, -0.2) is 36.0 Å². The van der Waals surface area contributed by atoms with Crippen molar-refractivity contribution >= 4 is 10.0 Å². The molecule has 2 heterocycles. The highest BCUT2D eigenvalue weighted by atomic mass is 32.2. The van der Waals surface area contributed by atoms with E-state index in [4.69, 9.17) is 4.42 Å². The van der Waals surface area contributed by atoms with E-state index in [-0.39, 0.29) is 30.0 Å². The third kappa shape index (κ3) is 4.99. The van der Waals surface area contributed by atoms with E-state index in [0.29, 0.717) is 30.5 Å². The molecular weight excluding hydrogens is 450 g/mol. The fraction of sp³-hybridized carbons (Fsp3) is 0.333. The molecule has 1 aliphatic rings. The number of halogens is 4. The second kappa shape index (κ2) is 8.62. The van der Waals surface area contributed by atoms with Gasteiger partial charge < -0.3 is 4.42 Å². The molecule has 1 aliphatic heterocycles. The summed E-state index contributed by atoms with van der Waals surface area (Å²) < 4.78 is 84.2. The van der Waals surface area contributed by atoms with Crippen molar-refractivity contribution in [1.82, 2.24) is 14.5 Å². The van der Waals surface area contributed by atoms with Crippen LogP contribution in [0.4, 0.5) is 17.6 Å². The van der Waals surface area contributed by atoms with E-state index >= 15 is 0 Å². The monoisotopic (exact) mass is 469 g/mol. The van der Waals surface area contributed by atoms with Crippen molar-refractivity contribution < 1.29 is 30.4 Å². The minimum atomic E-state index is -4.44. The number of piperidine rings is 1. The van der Waals surface area contributed by atoms with E-state index < -0.39 is 27.6 Å². The van der Waals surface area contributed by atoms with Gasteiger partial charge in [-0.2, -0.15) is 13.2 Å². The van der Waals surface area contributed by atoms with Gasteiger partial charge in [-0.25, -0.2) is 17.1 Å². The molecule has 0 N–H and O–H groups in total. The molecule has 170 valence electrons. The molecule has 0 radical (unpaired) electrons. The van der Waals surface area contributed by atoms with Gasteiger partial charge in [-0.05, 0) is 54.8 Å². The first-order chi connectivity index (χ1) is 15.1. The van der Waals surface area contributed by atoms with Gasteiger partial charge >= 0.3 is 6.18 Å². The van der Waals surface area contributed by atoms with Gasteiger partial charge in [0.15, 0.2) is 0 Å². The van der Waals surface area contributed by atoms with Gasteiger partial charge in [0.2, 0.25) is 21.8 Å². The van der Waals surface area contributed by atoms with Crippen LogP contribution < -0.4 is 0 Å². The smallest absolute Gasteiger partial charge is 0.416 e. The number of hydrogen-bond donors (Lipinski definition) is 0. The molecule has 4 rings (SSSR count). The van der Waals surface area contributed by atoms with Crippen LogP contribution in [0.1, 0.15) is 35.8 Å². The van der Waals surface area contributed by atoms with Crippen molar-refractivity contribution in [2.45, 2.75) is 30.7 Å². The lowest BCUT2D eigenvalue weighted by atomic mass is 10.00. The summed E-state index contributed by atoms with van der Waals surface area (Å²) in [6, 6.07) is 9.80. The summed E-state index contributed by atoms with van der Waals surface area (Å²) in [4.78, 5) is 0. The molecule has 1 unspecified atom stereocenters. The standard InChI is InChI=1S/C21H19F4N3O3S/c22-18-5-1-3-14(11-18)13-32(29,30)28-10-2-4-16(12-28)20-27-26-19(31-20)15-6-8-17(9-7-15)21(23,24)25/h1,3,5-9,11,16H,2,4,10,12-13H2. The number of alkyl halides is 3. The summed E-state index contributed by atoms with van der Waals surface area (Å²) in [5.41, 5.74) is -0.0925. The molecule has 1 saturated heterocycles. The summed E-state index contributed by atoms with van der Waals surface area (Å²) in [5.74, 6) is -0.880.